The predicted molar refractivity (Wildman–Crippen MR) is 85.1 cm³/mol. The highest BCUT2D eigenvalue weighted by atomic mass is 16.5. The van der Waals surface area contributed by atoms with Crippen LogP contribution >= 0.6 is 0 Å². The molecule has 1 heterocycles. The SMILES string of the molecule is CC(Nc1ccc(Oc2ccccc2)cc1)C1CCOC1=O. The average molecular weight is 297 g/mol. The lowest BCUT2D eigenvalue weighted by molar-refractivity contribution is -0.141. The molecular formula is C18H19NO3. The predicted octanol–water partition coefficient (Wildman–Crippen LogP) is 3.84. The number of hydrogen-bond acceptors (Lipinski definition) is 4. The van der Waals surface area contributed by atoms with Crippen molar-refractivity contribution < 1.29 is 14.3 Å². The Balaban J connectivity index is 1.60. The van der Waals surface area contributed by atoms with Gasteiger partial charge >= 0.3 is 5.97 Å². The monoisotopic (exact) mass is 297 g/mol. The fourth-order valence-corrected chi connectivity index (χ4v) is 2.57. The number of para-hydroxylation sites is 1. The molecular weight excluding hydrogens is 278 g/mol. The summed E-state index contributed by atoms with van der Waals surface area (Å²) in [4.78, 5) is 11.6. The van der Waals surface area contributed by atoms with E-state index in [0.717, 1.165) is 23.6 Å². The summed E-state index contributed by atoms with van der Waals surface area (Å²) in [6.07, 6.45) is 0.780. The summed E-state index contributed by atoms with van der Waals surface area (Å²) in [6.45, 7) is 2.53. The van der Waals surface area contributed by atoms with Crippen LogP contribution in [0, 0.1) is 5.92 Å². The molecule has 0 amide bonds. The smallest absolute Gasteiger partial charge is 0.311 e. The van der Waals surface area contributed by atoms with Gasteiger partial charge in [0, 0.05) is 11.7 Å². The Morgan fingerprint density at radius 1 is 1.09 bits per heavy atom. The number of anilines is 1. The summed E-state index contributed by atoms with van der Waals surface area (Å²) >= 11 is 0. The first-order chi connectivity index (χ1) is 10.7. The second-order valence-corrected chi connectivity index (χ2v) is 5.44. The van der Waals surface area contributed by atoms with Crippen molar-refractivity contribution in [3.63, 3.8) is 0 Å². The standard InChI is InChI=1S/C18H19NO3/c1-13(17-11-12-21-18(17)20)19-14-7-9-16(10-8-14)22-15-5-3-2-4-6-15/h2-10,13,17,19H,11-12H2,1H3. The highest BCUT2D eigenvalue weighted by Gasteiger charge is 2.31. The molecule has 114 valence electrons. The zero-order valence-electron chi connectivity index (χ0n) is 12.5. The third kappa shape index (κ3) is 3.39. The van der Waals surface area contributed by atoms with Crippen LogP contribution in [-0.4, -0.2) is 18.6 Å². The number of esters is 1. The number of ether oxygens (including phenoxy) is 2. The molecule has 1 saturated heterocycles. The summed E-state index contributed by atoms with van der Waals surface area (Å²) in [7, 11) is 0. The fourth-order valence-electron chi connectivity index (χ4n) is 2.57. The number of hydrogen-bond donors (Lipinski definition) is 1. The van der Waals surface area contributed by atoms with Gasteiger partial charge in [0.15, 0.2) is 0 Å². The van der Waals surface area contributed by atoms with Gasteiger partial charge in [-0.25, -0.2) is 0 Å². The number of carbonyl (C=O) groups is 1. The molecule has 0 saturated carbocycles. The highest BCUT2D eigenvalue weighted by Crippen LogP contribution is 2.25. The maximum Gasteiger partial charge on any atom is 0.311 e. The van der Waals surface area contributed by atoms with Gasteiger partial charge in [0.1, 0.15) is 11.5 Å². The maximum atomic E-state index is 11.6. The minimum Gasteiger partial charge on any atom is -0.465 e. The minimum absolute atomic E-state index is 0.0518. The maximum absolute atomic E-state index is 11.6. The molecule has 4 nitrogen and oxygen atoms in total. The second-order valence-electron chi connectivity index (χ2n) is 5.44. The van der Waals surface area contributed by atoms with E-state index in [-0.39, 0.29) is 17.9 Å². The van der Waals surface area contributed by atoms with Gasteiger partial charge in [-0.2, -0.15) is 0 Å². The zero-order valence-corrected chi connectivity index (χ0v) is 12.5. The van der Waals surface area contributed by atoms with E-state index in [1.54, 1.807) is 0 Å². The lowest BCUT2D eigenvalue weighted by Crippen LogP contribution is -2.29. The van der Waals surface area contributed by atoms with Crippen molar-refractivity contribution in [2.45, 2.75) is 19.4 Å². The van der Waals surface area contributed by atoms with Crippen molar-refractivity contribution in [3.8, 4) is 11.5 Å². The van der Waals surface area contributed by atoms with Crippen LogP contribution in [-0.2, 0) is 9.53 Å². The molecule has 22 heavy (non-hydrogen) atoms. The number of rotatable bonds is 5. The van der Waals surface area contributed by atoms with Gasteiger partial charge in [-0.3, -0.25) is 4.79 Å². The molecule has 4 heteroatoms. The van der Waals surface area contributed by atoms with Crippen LogP contribution in [0.4, 0.5) is 5.69 Å². The van der Waals surface area contributed by atoms with Crippen LogP contribution in [0.5, 0.6) is 11.5 Å². The molecule has 0 bridgehead atoms. The highest BCUT2D eigenvalue weighted by molar-refractivity contribution is 5.75. The van der Waals surface area contributed by atoms with Crippen molar-refractivity contribution >= 4 is 11.7 Å². The van der Waals surface area contributed by atoms with Crippen molar-refractivity contribution in [1.29, 1.82) is 0 Å². The Bertz CT molecular complexity index is 625. The zero-order chi connectivity index (χ0) is 15.4. The fraction of sp³-hybridized carbons (Fsp3) is 0.278. The molecule has 1 aliphatic rings. The van der Waals surface area contributed by atoms with E-state index >= 15 is 0 Å². The lowest BCUT2D eigenvalue weighted by atomic mass is 10.00. The molecule has 1 N–H and O–H groups in total. The van der Waals surface area contributed by atoms with Gasteiger partial charge in [-0.15, -0.1) is 0 Å². The van der Waals surface area contributed by atoms with Gasteiger partial charge in [0.25, 0.3) is 0 Å². The molecule has 2 atom stereocenters. The van der Waals surface area contributed by atoms with Crippen molar-refractivity contribution in [2.24, 2.45) is 5.92 Å². The molecule has 0 spiro atoms. The Morgan fingerprint density at radius 2 is 1.77 bits per heavy atom. The lowest BCUT2D eigenvalue weighted by Gasteiger charge is -2.19. The summed E-state index contributed by atoms with van der Waals surface area (Å²) in [5.41, 5.74) is 0.965. The van der Waals surface area contributed by atoms with E-state index < -0.39 is 0 Å². The molecule has 3 rings (SSSR count). The van der Waals surface area contributed by atoms with Crippen molar-refractivity contribution in [3.05, 3.63) is 54.6 Å². The summed E-state index contributed by atoms with van der Waals surface area (Å²) in [5.74, 6) is 1.42. The molecule has 1 aliphatic heterocycles. The van der Waals surface area contributed by atoms with Gasteiger partial charge in [-0.1, -0.05) is 18.2 Å². The first-order valence-corrected chi connectivity index (χ1v) is 7.48. The van der Waals surface area contributed by atoms with Gasteiger partial charge in [-0.05, 0) is 49.7 Å². The Kier molecular flexibility index (Phi) is 4.28. The Labute approximate surface area is 130 Å². The molecule has 2 aromatic rings. The average Bonchev–Trinajstić information content (AvgIpc) is 2.96. The Morgan fingerprint density at radius 3 is 2.41 bits per heavy atom. The minimum atomic E-state index is -0.107. The van der Waals surface area contributed by atoms with Gasteiger partial charge in [0.2, 0.25) is 0 Å². The summed E-state index contributed by atoms with van der Waals surface area (Å²) in [5, 5.41) is 3.35. The number of carbonyl (C=O) groups excluding carboxylic acids is 1. The van der Waals surface area contributed by atoms with E-state index in [1.807, 2.05) is 61.5 Å². The Hall–Kier alpha value is -2.49. The topological polar surface area (TPSA) is 47.6 Å². The molecule has 0 aliphatic carbocycles. The van der Waals surface area contributed by atoms with E-state index in [0.29, 0.717) is 6.61 Å². The van der Waals surface area contributed by atoms with E-state index in [1.165, 1.54) is 0 Å². The van der Waals surface area contributed by atoms with Gasteiger partial charge in [0.05, 0.1) is 12.5 Å². The quantitative estimate of drug-likeness (QED) is 0.852. The van der Waals surface area contributed by atoms with Crippen LogP contribution < -0.4 is 10.1 Å². The molecule has 1 fully saturated rings. The van der Waals surface area contributed by atoms with Crippen LogP contribution in [0.2, 0.25) is 0 Å². The first kappa shape index (κ1) is 14.4. The summed E-state index contributed by atoms with van der Waals surface area (Å²) in [6, 6.07) is 17.4. The number of nitrogens with one attached hydrogen (secondary N) is 1. The third-order valence-corrected chi connectivity index (χ3v) is 3.81. The molecule has 2 aromatic carbocycles. The van der Waals surface area contributed by atoms with E-state index in [9.17, 15) is 4.79 Å². The summed E-state index contributed by atoms with van der Waals surface area (Å²) < 4.78 is 10.8. The molecule has 0 radical (unpaired) electrons. The van der Waals surface area contributed by atoms with Crippen LogP contribution in [0.1, 0.15) is 13.3 Å². The van der Waals surface area contributed by atoms with Crippen LogP contribution in [0.25, 0.3) is 0 Å². The van der Waals surface area contributed by atoms with Crippen molar-refractivity contribution in [2.75, 3.05) is 11.9 Å². The van der Waals surface area contributed by atoms with Gasteiger partial charge < -0.3 is 14.8 Å². The number of benzene rings is 2. The van der Waals surface area contributed by atoms with Crippen LogP contribution in [0.15, 0.2) is 54.6 Å². The van der Waals surface area contributed by atoms with Crippen LogP contribution in [0.3, 0.4) is 0 Å². The third-order valence-electron chi connectivity index (χ3n) is 3.81. The van der Waals surface area contributed by atoms with Crippen molar-refractivity contribution in [1.82, 2.24) is 0 Å². The number of cyclic esters (lactones) is 1. The molecule has 2 unspecified atom stereocenters. The second kappa shape index (κ2) is 6.52. The molecule has 0 aromatic heterocycles. The van der Waals surface area contributed by atoms with E-state index in [2.05, 4.69) is 5.32 Å². The largest absolute Gasteiger partial charge is 0.465 e. The first-order valence-electron chi connectivity index (χ1n) is 7.48. The van der Waals surface area contributed by atoms with E-state index in [4.69, 9.17) is 9.47 Å². The normalized spacial score (nSPS) is 18.6.